The van der Waals surface area contributed by atoms with Crippen molar-refractivity contribution in [3.05, 3.63) is 41.6 Å². The van der Waals surface area contributed by atoms with Crippen LogP contribution in [0.4, 0.5) is 5.82 Å². The largest absolute Gasteiger partial charge is 0.362 e. The van der Waals surface area contributed by atoms with Gasteiger partial charge in [-0.25, -0.2) is 9.97 Å². The predicted molar refractivity (Wildman–Crippen MR) is 91.6 cm³/mol. The molecule has 0 bridgehead atoms. The maximum Gasteiger partial charge on any atom is 0.256 e. The van der Waals surface area contributed by atoms with Crippen molar-refractivity contribution in [1.29, 1.82) is 0 Å². The number of carbonyl (C=O) groups excluding carboxylic acids is 1. The third kappa shape index (κ3) is 3.67. The van der Waals surface area contributed by atoms with Crippen LogP contribution < -0.4 is 10.2 Å². The van der Waals surface area contributed by atoms with E-state index in [2.05, 4.69) is 15.3 Å². The van der Waals surface area contributed by atoms with E-state index in [0.29, 0.717) is 23.1 Å². The summed E-state index contributed by atoms with van der Waals surface area (Å²) in [6.07, 6.45) is 4.05. The zero-order chi connectivity index (χ0) is 16.4. The highest BCUT2D eigenvalue weighted by Crippen LogP contribution is 2.28. The summed E-state index contributed by atoms with van der Waals surface area (Å²) in [5, 5.41) is 2.98. The smallest absolute Gasteiger partial charge is 0.256 e. The molecule has 1 aromatic heterocycles. The highest BCUT2D eigenvalue weighted by atomic mass is 16.1. The van der Waals surface area contributed by atoms with Crippen LogP contribution in [-0.2, 0) is 0 Å². The monoisotopic (exact) mass is 310 g/mol. The highest BCUT2D eigenvalue weighted by Gasteiger charge is 2.23. The Morgan fingerprint density at radius 1 is 1.26 bits per heavy atom. The van der Waals surface area contributed by atoms with E-state index >= 15 is 0 Å². The predicted octanol–water partition coefficient (Wildman–Crippen LogP) is 2.66. The minimum absolute atomic E-state index is 0.101. The lowest BCUT2D eigenvalue weighted by Gasteiger charge is -2.16. The van der Waals surface area contributed by atoms with Crippen molar-refractivity contribution in [1.82, 2.24) is 15.3 Å². The van der Waals surface area contributed by atoms with E-state index in [1.807, 2.05) is 50.2 Å². The number of hydrogen-bond acceptors (Lipinski definition) is 4. The normalized spacial score (nSPS) is 13.7. The van der Waals surface area contributed by atoms with E-state index in [-0.39, 0.29) is 5.91 Å². The molecule has 5 heteroatoms. The molecule has 23 heavy (non-hydrogen) atoms. The molecule has 1 fully saturated rings. The topological polar surface area (TPSA) is 58.1 Å². The fourth-order valence-electron chi connectivity index (χ4n) is 2.37. The van der Waals surface area contributed by atoms with E-state index in [1.165, 1.54) is 18.4 Å². The zero-order valence-corrected chi connectivity index (χ0v) is 13.8. The standard InChI is InChI=1S/C18H22N4O/c1-12-4-8-14(9-5-12)16-19-11-15(17(21-16)22(2)3)18(23)20-10-13-6-7-13/h4-5,8-9,11,13H,6-7,10H2,1-3H3,(H,20,23). The lowest BCUT2D eigenvalue weighted by molar-refractivity contribution is 0.0951. The molecular formula is C18H22N4O. The van der Waals surface area contributed by atoms with Crippen LogP contribution in [0.1, 0.15) is 28.8 Å². The number of carbonyl (C=O) groups is 1. The SMILES string of the molecule is Cc1ccc(-c2ncc(C(=O)NCC3CC3)c(N(C)C)n2)cc1. The van der Waals surface area contributed by atoms with Gasteiger partial charge in [-0.05, 0) is 25.7 Å². The Balaban J connectivity index is 1.88. The second-order valence-corrected chi connectivity index (χ2v) is 6.34. The summed E-state index contributed by atoms with van der Waals surface area (Å²) >= 11 is 0. The number of anilines is 1. The van der Waals surface area contributed by atoms with E-state index < -0.39 is 0 Å². The van der Waals surface area contributed by atoms with Crippen molar-refractivity contribution in [2.75, 3.05) is 25.5 Å². The molecule has 1 saturated carbocycles. The van der Waals surface area contributed by atoms with E-state index in [9.17, 15) is 4.79 Å². The minimum Gasteiger partial charge on any atom is -0.362 e. The van der Waals surface area contributed by atoms with Crippen LogP contribution in [0.5, 0.6) is 0 Å². The molecule has 1 N–H and O–H groups in total. The lowest BCUT2D eigenvalue weighted by Crippen LogP contribution is -2.28. The Bertz CT molecular complexity index is 705. The van der Waals surface area contributed by atoms with Gasteiger partial charge in [-0.3, -0.25) is 4.79 Å². The molecule has 0 spiro atoms. The van der Waals surface area contributed by atoms with Crippen molar-refractivity contribution in [3.63, 3.8) is 0 Å². The van der Waals surface area contributed by atoms with Crippen LogP contribution in [0.15, 0.2) is 30.5 Å². The molecule has 0 radical (unpaired) electrons. The van der Waals surface area contributed by atoms with Crippen molar-refractivity contribution >= 4 is 11.7 Å². The molecule has 0 atom stereocenters. The van der Waals surface area contributed by atoms with Gasteiger partial charge in [-0.1, -0.05) is 29.8 Å². The van der Waals surface area contributed by atoms with Crippen LogP contribution in [0.25, 0.3) is 11.4 Å². The second-order valence-electron chi connectivity index (χ2n) is 6.34. The molecular weight excluding hydrogens is 288 g/mol. The van der Waals surface area contributed by atoms with Gasteiger partial charge < -0.3 is 10.2 Å². The van der Waals surface area contributed by atoms with Gasteiger partial charge in [0.15, 0.2) is 5.82 Å². The molecule has 0 saturated heterocycles. The second kappa shape index (κ2) is 6.36. The minimum atomic E-state index is -0.101. The van der Waals surface area contributed by atoms with E-state index in [4.69, 9.17) is 0 Å². The number of benzene rings is 1. The first-order valence-corrected chi connectivity index (χ1v) is 7.94. The fraction of sp³-hybridized carbons (Fsp3) is 0.389. The van der Waals surface area contributed by atoms with Crippen molar-refractivity contribution in [2.45, 2.75) is 19.8 Å². The van der Waals surface area contributed by atoms with Gasteiger partial charge in [-0.2, -0.15) is 0 Å². The van der Waals surface area contributed by atoms with Crippen LogP contribution in [0, 0.1) is 12.8 Å². The summed E-state index contributed by atoms with van der Waals surface area (Å²) in [7, 11) is 3.78. The first kappa shape index (κ1) is 15.5. The summed E-state index contributed by atoms with van der Waals surface area (Å²) < 4.78 is 0. The Kier molecular flexibility index (Phi) is 4.28. The van der Waals surface area contributed by atoms with Crippen LogP contribution >= 0.6 is 0 Å². The Morgan fingerprint density at radius 2 is 1.96 bits per heavy atom. The summed E-state index contributed by atoms with van der Waals surface area (Å²) in [6, 6.07) is 8.06. The maximum absolute atomic E-state index is 12.4. The number of aromatic nitrogens is 2. The Morgan fingerprint density at radius 3 is 2.57 bits per heavy atom. The molecule has 1 aliphatic carbocycles. The van der Waals surface area contributed by atoms with Gasteiger partial charge in [-0.15, -0.1) is 0 Å². The summed E-state index contributed by atoms with van der Waals surface area (Å²) in [6.45, 7) is 2.79. The van der Waals surface area contributed by atoms with Gasteiger partial charge in [0.25, 0.3) is 5.91 Å². The third-order valence-electron chi connectivity index (χ3n) is 3.99. The van der Waals surface area contributed by atoms with Crippen molar-refractivity contribution in [3.8, 4) is 11.4 Å². The van der Waals surface area contributed by atoms with Gasteiger partial charge in [0.2, 0.25) is 0 Å². The molecule has 1 aromatic carbocycles. The number of aryl methyl sites for hydroxylation is 1. The first-order valence-electron chi connectivity index (χ1n) is 7.94. The average molecular weight is 310 g/mol. The van der Waals surface area contributed by atoms with Crippen molar-refractivity contribution < 1.29 is 4.79 Å². The number of nitrogens with zero attached hydrogens (tertiary/aromatic N) is 3. The van der Waals surface area contributed by atoms with E-state index in [0.717, 1.165) is 12.1 Å². The van der Waals surface area contributed by atoms with Crippen molar-refractivity contribution in [2.24, 2.45) is 5.92 Å². The Hall–Kier alpha value is -2.43. The molecule has 1 amide bonds. The molecule has 5 nitrogen and oxygen atoms in total. The molecule has 0 aliphatic heterocycles. The molecule has 1 heterocycles. The number of hydrogen-bond donors (Lipinski definition) is 1. The Labute approximate surface area is 136 Å². The number of amides is 1. The number of nitrogens with one attached hydrogen (secondary N) is 1. The molecule has 120 valence electrons. The maximum atomic E-state index is 12.4. The lowest BCUT2D eigenvalue weighted by atomic mass is 10.1. The van der Waals surface area contributed by atoms with Gasteiger partial charge >= 0.3 is 0 Å². The van der Waals surface area contributed by atoms with Crippen LogP contribution in [0.2, 0.25) is 0 Å². The molecule has 3 rings (SSSR count). The van der Waals surface area contributed by atoms with Gasteiger partial charge in [0.05, 0.1) is 0 Å². The summed E-state index contributed by atoms with van der Waals surface area (Å²) in [4.78, 5) is 23.2. The van der Waals surface area contributed by atoms with Crippen LogP contribution in [-0.4, -0.2) is 36.5 Å². The highest BCUT2D eigenvalue weighted by molar-refractivity contribution is 5.98. The van der Waals surface area contributed by atoms with Crippen LogP contribution in [0.3, 0.4) is 0 Å². The van der Waals surface area contributed by atoms with Gasteiger partial charge in [0, 0.05) is 32.4 Å². The molecule has 2 aromatic rings. The summed E-state index contributed by atoms with van der Waals surface area (Å²) in [5.41, 5.74) is 2.66. The van der Waals surface area contributed by atoms with Gasteiger partial charge in [0.1, 0.15) is 11.4 Å². The molecule has 1 aliphatic rings. The fourth-order valence-corrected chi connectivity index (χ4v) is 2.37. The number of rotatable bonds is 5. The zero-order valence-electron chi connectivity index (χ0n) is 13.8. The first-order chi connectivity index (χ1) is 11.0. The summed E-state index contributed by atoms with van der Waals surface area (Å²) in [5.74, 6) is 1.82. The quantitative estimate of drug-likeness (QED) is 0.922. The van der Waals surface area contributed by atoms with E-state index in [1.54, 1.807) is 6.20 Å². The average Bonchev–Trinajstić information content (AvgIpc) is 3.37. The third-order valence-corrected chi connectivity index (χ3v) is 3.99. The molecule has 0 unspecified atom stereocenters.